The number of pyridine rings is 1. The normalized spacial score (nSPS) is 14.1. The van der Waals surface area contributed by atoms with E-state index in [0.717, 1.165) is 25.9 Å². The van der Waals surface area contributed by atoms with Gasteiger partial charge >= 0.3 is 0 Å². The van der Waals surface area contributed by atoms with E-state index in [0.29, 0.717) is 34.4 Å². The van der Waals surface area contributed by atoms with E-state index >= 15 is 0 Å². The summed E-state index contributed by atoms with van der Waals surface area (Å²) in [4.78, 5) is 31.1. The molecule has 1 aliphatic rings. The summed E-state index contributed by atoms with van der Waals surface area (Å²) in [7, 11) is 0. The van der Waals surface area contributed by atoms with Crippen molar-refractivity contribution in [2.24, 2.45) is 0 Å². The van der Waals surface area contributed by atoms with Crippen molar-refractivity contribution in [3.8, 4) is 0 Å². The first-order chi connectivity index (χ1) is 12.6. The first-order valence-corrected chi connectivity index (χ1v) is 9.91. The van der Waals surface area contributed by atoms with Crippen LogP contribution in [-0.4, -0.2) is 47.9 Å². The van der Waals surface area contributed by atoms with Crippen molar-refractivity contribution < 1.29 is 9.59 Å². The zero-order valence-electron chi connectivity index (χ0n) is 14.3. The summed E-state index contributed by atoms with van der Waals surface area (Å²) in [6.45, 7) is 2.52. The van der Waals surface area contributed by atoms with Crippen LogP contribution in [0.3, 0.4) is 0 Å². The predicted molar refractivity (Wildman–Crippen MR) is 104 cm³/mol. The van der Waals surface area contributed by atoms with Gasteiger partial charge < -0.3 is 15.5 Å². The van der Waals surface area contributed by atoms with E-state index in [-0.39, 0.29) is 11.8 Å². The summed E-state index contributed by atoms with van der Waals surface area (Å²) in [5, 5.41) is 8.17. The number of hydrogen-bond acceptors (Lipinski definition) is 5. The van der Waals surface area contributed by atoms with Gasteiger partial charge in [-0.15, -0.1) is 11.3 Å². The molecule has 0 radical (unpaired) electrons. The SMILES string of the molecule is O=C(NCCNc1ncc(C(=O)N2CCCCC2)cc1Cl)c1cccs1. The van der Waals surface area contributed by atoms with Gasteiger partial charge in [-0.1, -0.05) is 17.7 Å². The second kappa shape index (κ2) is 9.00. The van der Waals surface area contributed by atoms with Crippen molar-refractivity contribution in [3.63, 3.8) is 0 Å². The number of piperidine rings is 1. The van der Waals surface area contributed by atoms with Crippen LogP contribution in [0.4, 0.5) is 5.82 Å². The molecule has 26 heavy (non-hydrogen) atoms. The molecule has 2 amide bonds. The Balaban J connectivity index is 1.49. The molecule has 8 heteroatoms. The number of hydrogen-bond donors (Lipinski definition) is 2. The quantitative estimate of drug-likeness (QED) is 0.740. The van der Waals surface area contributed by atoms with Crippen LogP contribution in [0.2, 0.25) is 5.02 Å². The Bertz CT molecular complexity index is 761. The van der Waals surface area contributed by atoms with Crippen LogP contribution >= 0.6 is 22.9 Å². The topological polar surface area (TPSA) is 74.3 Å². The first-order valence-electron chi connectivity index (χ1n) is 8.65. The van der Waals surface area contributed by atoms with Gasteiger partial charge in [-0.2, -0.15) is 0 Å². The molecule has 3 rings (SSSR count). The Labute approximate surface area is 161 Å². The Morgan fingerprint density at radius 1 is 1.23 bits per heavy atom. The number of carbonyl (C=O) groups excluding carboxylic acids is 2. The standard InChI is InChI=1S/C18H21ClN4O2S/c19-14-11-13(18(25)23-8-2-1-3-9-23)12-22-16(14)20-6-7-21-17(24)15-5-4-10-26-15/h4-5,10-12H,1-3,6-9H2,(H,20,22)(H,21,24). The number of thiophene rings is 1. The molecule has 138 valence electrons. The number of nitrogens with one attached hydrogen (secondary N) is 2. The average Bonchev–Trinajstić information content (AvgIpc) is 3.21. The smallest absolute Gasteiger partial charge is 0.261 e. The number of likely N-dealkylation sites (tertiary alicyclic amines) is 1. The molecule has 2 N–H and O–H groups in total. The molecule has 3 heterocycles. The minimum absolute atomic E-state index is 0.0196. The van der Waals surface area contributed by atoms with Crippen molar-refractivity contribution in [3.05, 3.63) is 45.2 Å². The third-order valence-electron chi connectivity index (χ3n) is 4.18. The van der Waals surface area contributed by atoms with E-state index in [9.17, 15) is 9.59 Å². The molecule has 1 fully saturated rings. The van der Waals surface area contributed by atoms with Gasteiger partial charge in [0.2, 0.25) is 0 Å². The lowest BCUT2D eigenvalue weighted by Crippen LogP contribution is -2.35. The zero-order chi connectivity index (χ0) is 18.4. The molecular weight excluding hydrogens is 372 g/mol. The lowest BCUT2D eigenvalue weighted by Gasteiger charge is -2.26. The van der Waals surface area contributed by atoms with Crippen LogP contribution in [0.5, 0.6) is 0 Å². The van der Waals surface area contributed by atoms with E-state index in [2.05, 4.69) is 15.6 Å². The van der Waals surface area contributed by atoms with Crippen molar-refractivity contribution in [1.82, 2.24) is 15.2 Å². The summed E-state index contributed by atoms with van der Waals surface area (Å²) < 4.78 is 0. The van der Waals surface area contributed by atoms with Crippen LogP contribution in [0, 0.1) is 0 Å². The summed E-state index contributed by atoms with van der Waals surface area (Å²) in [5.41, 5.74) is 0.508. The van der Waals surface area contributed by atoms with Gasteiger partial charge in [-0.3, -0.25) is 9.59 Å². The molecule has 0 aliphatic carbocycles. The van der Waals surface area contributed by atoms with Gasteiger partial charge in [0, 0.05) is 32.4 Å². The van der Waals surface area contributed by atoms with Crippen LogP contribution in [0.1, 0.15) is 39.3 Å². The van der Waals surface area contributed by atoms with Crippen molar-refractivity contribution in [2.45, 2.75) is 19.3 Å². The minimum Gasteiger partial charge on any atom is -0.367 e. The summed E-state index contributed by atoms with van der Waals surface area (Å²) in [5.74, 6) is 0.393. The molecule has 6 nitrogen and oxygen atoms in total. The minimum atomic E-state index is -0.0941. The van der Waals surface area contributed by atoms with Crippen LogP contribution < -0.4 is 10.6 Å². The third-order valence-corrected chi connectivity index (χ3v) is 5.34. The summed E-state index contributed by atoms with van der Waals surface area (Å²) in [6, 6.07) is 5.27. The number of nitrogens with zero attached hydrogens (tertiary/aromatic N) is 2. The fourth-order valence-corrected chi connectivity index (χ4v) is 3.69. The molecule has 0 aromatic carbocycles. The molecule has 0 saturated carbocycles. The highest BCUT2D eigenvalue weighted by Crippen LogP contribution is 2.21. The molecule has 0 unspecified atom stereocenters. The largest absolute Gasteiger partial charge is 0.367 e. The van der Waals surface area contributed by atoms with Gasteiger partial charge in [0.15, 0.2) is 0 Å². The van der Waals surface area contributed by atoms with E-state index in [4.69, 9.17) is 11.6 Å². The number of aromatic nitrogens is 1. The van der Waals surface area contributed by atoms with Crippen molar-refractivity contribution in [2.75, 3.05) is 31.5 Å². The van der Waals surface area contributed by atoms with Gasteiger partial charge in [0.25, 0.3) is 11.8 Å². The summed E-state index contributed by atoms with van der Waals surface area (Å²) >= 11 is 7.66. The molecule has 2 aromatic heterocycles. The highest BCUT2D eigenvalue weighted by molar-refractivity contribution is 7.12. The van der Waals surface area contributed by atoms with Crippen LogP contribution in [0.15, 0.2) is 29.8 Å². The van der Waals surface area contributed by atoms with Gasteiger partial charge in [0.1, 0.15) is 5.82 Å². The van der Waals surface area contributed by atoms with E-state index in [1.807, 2.05) is 16.3 Å². The van der Waals surface area contributed by atoms with Crippen LogP contribution in [0.25, 0.3) is 0 Å². The predicted octanol–water partition coefficient (Wildman–Crippen LogP) is 3.26. The van der Waals surface area contributed by atoms with Crippen LogP contribution in [-0.2, 0) is 0 Å². The lowest BCUT2D eigenvalue weighted by molar-refractivity contribution is 0.0723. The van der Waals surface area contributed by atoms with Crippen molar-refractivity contribution >= 4 is 40.6 Å². The fourth-order valence-electron chi connectivity index (χ4n) is 2.82. The zero-order valence-corrected chi connectivity index (χ0v) is 15.9. The lowest BCUT2D eigenvalue weighted by atomic mass is 10.1. The Morgan fingerprint density at radius 3 is 2.73 bits per heavy atom. The Kier molecular flexibility index (Phi) is 6.46. The molecule has 0 atom stereocenters. The maximum atomic E-state index is 12.5. The number of anilines is 1. The van der Waals surface area contributed by atoms with Gasteiger partial charge in [-0.05, 0) is 36.8 Å². The number of halogens is 1. The van der Waals surface area contributed by atoms with E-state index in [1.165, 1.54) is 17.8 Å². The van der Waals surface area contributed by atoms with Gasteiger partial charge in [0.05, 0.1) is 15.5 Å². The third kappa shape index (κ3) is 4.74. The van der Waals surface area contributed by atoms with E-state index < -0.39 is 0 Å². The number of carbonyl (C=O) groups is 2. The highest BCUT2D eigenvalue weighted by atomic mass is 35.5. The Morgan fingerprint density at radius 2 is 2.04 bits per heavy atom. The molecule has 1 saturated heterocycles. The molecular formula is C18H21ClN4O2S. The molecule has 1 aliphatic heterocycles. The van der Waals surface area contributed by atoms with E-state index in [1.54, 1.807) is 18.3 Å². The monoisotopic (exact) mass is 392 g/mol. The summed E-state index contributed by atoms with van der Waals surface area (Å²) in [6.07, 6.45) is 4.82. The second-order valence-electron chi connectivity index (χ2n) is 6.07. The molecule has 0 spiro atoms. The first kappa shape index (κ1) is 18.7. The maximum absolute atomic E-state index is 12.5. The number of rotatable bonds is 6. The maximum Gasteiger partial charge on any atom is 0.261 e. The number of amides is 2. The fraction of sp³-hybridized carbons (Fsp3) is 0.389. The average molecular weight is 393 g/mol. The Hall–Kier alpha value is -2.12. The van der Waals surface area contributed by atoms with Gasteiger partial charge in [-0.25, -0.2) is 4.98 Å². The highest BCUT2D eigenvalue weighted by Gasteiger charge is 2.19. The molecule has 2 aromatic rings. The molecule has 0 bridgehead atoms. The second-order valence-corrected chi connectivity index (χ2v) is 7.42. The van der Waals surface area contributed by atoms with Crippen molar-refractivity contribution in [1.29, 1.82) is 0 Å².